The first-order valence-corrected chi connectivity index (χ1v) is 7.39. The number of nitrogens with two attached hydrogens (primary N) is 1. The molecule has 0 saturated carbocycles. The number of carboxylic acids is 1. The van der Waals surface area contributed by atoms with Crippen molar-refractivity contribution < 1.29 is 27.5 Å². The van der Waals surface area contributed by atoms with Gasteiger partial charge in [0.2, 0.25) is 15.9 Å². The van der Waals surface area contributed by atoms with Gasteiger partial charge in [-0.25, -0.2) is 17.5 Å². The van der Waals surface area contributed by atoms with Crippen molar-refractivity contribution >= 4 is 21.9 Å². The second-order valence-corrected chi connectivity index (χ2v) is 6.09. The predicted octanol–water partition coefficient (Wildman–Crippen LogP) is -1.20. The largest absolute Gasteiger partial charge is 0.548 e. The summed E-state index contributed by atoms with van der Waals surface area (Å²) in [5.41, 5.74) is 5.01. The summed E-state index contributed by atoms with van der Waals surface area (Å²) in [7, 11) is -4.19. The Labute approximate surface area is 121 Å². The molecular weight excluding hydrogens is 303 g/mol. The average Bonchev–Trinajstić information content (AvgIpc) is 2.33. The number of carboxylic acid groups (broad SMARTS) is 1. The van der Waals surface area contributed by atoms with E-state index in [0.717, 1.165) is 18.2 Å². The minimum absolute atomic E-state index is 0.120. The lowest BCUT2D eigenvalue weighted by Crippen LogP contribution is -2.48. The molecule has 0 heterocycles. The molecule has 1 amide bonds. The summed E-state index contributed by atoms with van der Waals surface area (Å²) in [6.45, 7) is 1.37. The van der Waals surface area contributed by atoms with Gasteiger partial charge in [0.15, 0.2) is 0 Å². The van der Waals surface area contributed by atoms with E-state index >= 15 is 0 Å². The maximum atomic E-state index is 13.0. The van der Waals surface area contributed by atoms with E-state index in [1.54, 1.807) is 0 Å². The maximum Gasteiger partial charge on any atom is 0.241 e. The fourth-order valence-corrected chi connectivity index (χ4v) is 3.12. The number of carbonyl (C=O) groups is 2. The first-order chi connectivity index (χ1) is 9.63. The Bertz CT molecular complexity index is 660. The SMILES string of the molecule is Cc1cc(F)ccc1S(=O)(=O)N[C@H](CCC(N)=O)C(=O)[O-]. The lowest BCUT2D eigenvalue weighted by molar-refractivity contribution is -0.308. The summed E-state index contributed by atoms with van der Waals surface area (Å²) in [5.74, 6) is -3.06. The second kappa shape index (κ2) is 6.64. The molecule has 0 bridgehead atoms. The van der Waals surface area contributed by atoms with Crippen LogP contribution in [0.4, 0.5) is 4.39 Å². The molecule has 0 aromatic heterocycles. The zero-order chi connectivity index (χ0) is 16.2. The van der Waals surface area contributed by atoms with E-state index in [0.29, 0.717) is 0 Å². The smallest absolute Gasteiger partial charge is 0.241 e. The molecule has 0 saturated heterocycles. The number of primary amides is 1. The number of hydrogen-bond acceptors (Lipinski definition) is 5. The molecular formula is C12H14FN2O5S-. The van der Waals surface area contributed by atoms with Crippen LogP contribution in [0.2, 0.25) is 0 Å². The number of amides is 1. The van der Waals surface area contributed by atoms with Crippen LogP contribution in [0.25, 0.3) is 0 Å². The minimum atomic E-state index is -4.19. The van der Waals surface area contributed by atoms with Crippen molar-refractivity contribution in [3.63, 3.8) is 0 Å². The number of benzene rings is 1. The fraction of sp³-hybridized carbons (Fsp3) is 0.333. The first kappa shape index (κ1) is 17.1. The van der Waals surface area contributed by atoms with Gasteiger partial charge in [-0.15, -0.1) is 0 Å². The molecule has 0 fully saturated rings. The van der Waals surface area contributed by atoms with Gasteiger partial charge in [-0.05, 0) is 37.1 Å². The summed E-state index contributed by atoms with van der Waals surface area (Å²) < 4.78 is 39.0. The molecule has 1 aromatic carbocycles. The molecule has 21 heavy (non-hydrogen) atoms. The van der Waals surface area contributed by atoms with Crippen LogP contribution in [0.3, 0.4) is 0 Å². The maximum absolute atomic E-state index is 13.0. The number of aliphatic carboxylic acids is 1. The van der Waals surface area contributed by atoms with Crippen LogP contribution in [0.1, 0.15) is 18.4 Å². The van der Waals surface area contributed by atoms with E-state index in [9.17, 15) is 27.5 Å². The van der Waals surface area contributed by atoms with E-state index in [1.807, 2.05) is 4.72 Å². The third-order valence-electron chi connectivity index (χ3n) is 2.69. The molecule has 7 nitrogen and oxygen atoms in total. The number of halogens is 1. The molecule has 0 unspecified atom stereocenters. The van der Waals surface area contributed by atoms with Crippen LogP contribution in [0.15, 0.2) is 23.1 Å². The zero-order valence-corrected chi connectivity index (χ0v) is 11.9. The van der Waals surface area contributed by atoms with Gasteiger partial charge in [-0.2, -0.15) is 0 Å². The van der Waals surface area contributed by atoms with Crippen LogP contribution < -0.4 is 15.6 Å². The highest BCUT2D eigenvalue weighted by atomic mass is 32.2. The summed E-state index contributed by atoms with van der Waals surface area (Å²) >= 11 is 0. The van der Waals surface area contributed by atoms with Gasteiger partial charge in [0, 0.05) is 6.42 Å². The molecule has 9 heteroatoms. The molecule has 0 aliphatic heterocycles. The Morgan fingerprint density at radius 2 is 2.05 bits per heavy atom. The van der Waals surface area contributed by atoms with Crippen LogP contribution in [0, 0.1) is 12.7 Å². The van der Waals surface area contributed by atoms with Crippen molar-refractivity contribution in [2.75, 3.05) is 0 Å². The van der Waals surface area contributed by atoms with Crippen LogP contribution in [-0.4, -0.2) is 26.3 Å². The Balaban J connectivity index is 3.00. The highest BCUT2D eigenvalue weighted by Crippen LogP contribution is 2.16. The number of sulfonamides is 1. The fourth-order valence-electron chi connectivity index (χ4n) is 1.68. The number of rotatable bonds is 7. The topological polar surface area (TPSA) is 129 Å². The van der Waals surface area contributed by atoms with E-state index in [2.05, 4.69) is 0 Å². The Kier molecular flexibility index (Phi) is 5.39. The van der Waals surface area contributed by atoms with Crippen molar-refractivity contribution in [3.8, 4) is 0 Å². The summed E-state index contributed by atoms with van der Waals surface area (Å²) in [4.78, 5) is 21.3. The highest BCUT2D eigenvalue weighted by molar-refractivity contribution is 7.89. The van der Waals surface area contributed by atoms with Gasteiger partial charge in [0.05, 0.1) is 16.9 Å². The standard InChI is InChI=1S/C12H15FN2O5S/c1-7-6-8(13)2-4-10(7)21(19,20)15-9(12(17)18)3-5-11(14)16/h2,4,6,9,15H,3,5H2,1H3,(H2,14,16)(H,17,18)/p-1/t9-/m1/s1. The Hall–Kier alpha value is -2.00. The van der Waals surface area contributed by atoms with Crippen LogP contribution in [0.5, 0.6) is 0 Å². The molecule has 3 N–H and O–H groups in total. The number of aryl methyl sites for hydroxylation is 1. The van der Waals surface area contributed by atoms with Crippen molar-refractivity contribution in [2.24, 2.45) is 5.73 Å². The lowest BCUT2D eigenvalue weighted by Gasteiger charge is -2.19. The van der Waals surface area contributed by atoms with E-state index in [1.165, 1.54) is 6.92 Å². The number of nitrogens with one attached hydrogen (secondary N) is 1. The minimum Gasteiger partial charge on any atom is -0.548 e. The van der Waals surface area contributed by atoms with E-state index < -0.39 is 33.8 Å². The van der Waals surface area contributed by atoms with Gasteiger partial charge in [0.25, 0.3) is 0 Å². The molecule has 1 atom stereocenters. The molecule has 0 radical (unpaired) electrons. The van der Waals surface area contributed by atoms with E-state index in [-0.39, 0.29) is 23.3 Å². The highest BCUT2D eigenvalue weighted by Gasteiger charge is 2.23. The normalized spacial score (nSPS) is 12.9. The number of carbonyl (C=O) groups excluding carboxylic acids is 2. The predicted molar refractivity (Wildman–Crippen MR) is 68.7 cm³/mol. The lowest BCUT2D eigenvalue weighted by atomic mass is 10.2. The first-order valence-electron chi connectivity index (χ1n) is 5.91. The number of hydrogen-bond donors (Lipinski definition) is 2. The van der Waals surface area contributed by atoms with Crippen LogP contribution in [-0.2, 0) is 19.6 Å². The van der Waals surface area contributed by atoms with Crippen LogP contribution >= 0.6 is 0 Å². The summed E-state index contributed by atoms with van der Waals surface area (Å²) in [5, 5.41) is 10.9. The van der Waals surface area contributed by atoms with Gasteiger partial charge in [0.1, 0.15) is 5.82 Å². The molecule has 0 aliphatic rings. The molecule has 0 spiro atoms. The molecule has 0 aliphatic carbocycles. The Morgan fingerprint density at radius 3 is 2.52 bits per heavy atom. The molecule has 1 rings (SSSR count). The average molecular weight is 317 g/mol. The molecule has 116 valence electrons. The monoisotopic (exact) mass is 317 g/mol. The van der Waals surface area contributed by atoms with Gasteiger partial charge < -0.3 is 15.6 Å². The van der Waals surface area contributed by atoms with Gasteiger partial charge in [-0.3, -0.25) is 4.79 Å². The van der Waals surface area contributed by atoms with E-state index in [4.69, 9.17) is 5.73 Å². The third kappa shape index (κ3) is 4.80. The van der Waals surface area contributed by atoms with Gasteiger partial charge in [-0.1, -0.05) is 0 Å². The van der Waals surface area contributed by atoms with Crippen molar-refractivity contribution in [3.05, 3.63) is 29.6 Å². The Morgan fingerprint density at radius 1 is 1.43 bits per heavy atom. The van der Waals surface area contributed by atoms with Gasteiger partial charge >= 0.3 is 0 Å². The van der Waals surface area contributed by atoms with Crippen molar-refractivity contribution in [2.45, 2.75) is 30.7 Å². The summed E-state index contributed by atoms with van der Waals surface area (Å²) in [6.07, 6.45) is -0.652. The van der Waals surface area contributed by atoms with Crippen molar-refractivity contribution in [1.82, 2.24) is 4.72 Å². The zero-order valence-electron chi connectivity index (χ0n) is 11.1. The third-order valence-corrected chi connectivity index (χ3v) is 4.32. The second-order valence-electron chi connectivity index (χ2n) is 4.41. The molecule has 1 aromatic rings. The van der Waals surface area contributed by atoms with Crippen molar-refractivity contribution in [1.29, 1.82) is 0 Å². The summed E-state index contributed by atoms with van der Waals surface area (Å²) in [6, 6.07) is 1.37. The quantitative estimate of drug-likeness (QED) is 0.652.